The van der Waals surface area contributed by atoms with E-state index in [-0.39, 0.29) is 5.92 Å². The van der Waals surface area contributed by atoms with Gasteiger partial charge < -0.3 is 5.73 Å². The largest absolute Gasteiger partial charge is 0.386 e. The van der Waals surface area contributed by atoms with E-state index in [2.05, 4.69) is 10.2 Å². The third-order valence-corrected chi connectivity index (χ3v) is 3.02. The molecule has 0 amide bonds. The number of halogens is 2. The van der Waals surface area contributed by atoms with Crippen molar-refractivity contribution in [2.75, 3.05) is 0 Å². The number of nitrogens with zero attached hydrogens (tertiary/aromatic N) is 2. The van der Waals surface area contributed by atoms with Gasteiger partial charge in [-0.15, -0.1) is 5.10 Å². The fourth-order valence-corrected chi connectivity index (χ4v) is 2.19. The molecule has 1 aromatic rings. The van der Waals surface area contributed by atoms with Crippen molar-refractivity contribution < 1.29 is 0 Å². The molecule has 0 radical (unpaired) electrons. The van der Waals surface area contributed by atoms with Gasteiger partial charge in [0, 0.05) is 22.9 Å². The Balaban J connectivity index is 2.44. The average molecular weight is 256 g/mol. The van der Waals surface area contributed by atoms with Crippen molar-refractivity contribution in [3.05, 3.63) is 33.8 Å². The highest BCUT2D eigenvalue weighted by atomic mass is 35.5. The van der Waals surface area contributed by atoms with E-state index < -0.39 is 0 Å². The van der Waals surface area contributed by atoms with E-state index >= 15 is 0 Å². The molecule has 0 aromatic heterocycles. The third-order valence-electron chi connectivity index (χ3n) is 2.48. The lowest BCUT2D eigenvalue weighted by molar-refractivity contribution is 0.783. The van der Waals surface area contributed by atoms with E-state index in [1.165, 1.54) is 0 Å². The number of benzene rings is 1. The SMILES string of the molecule is CC1CC(N)=NN=C1c1ccc(Cl)cc1Cl. The van der Waals surface area contributed by atoms with Crippen molar-refractivity contribution in [3.8, 4) is 0 Å². The molecular formula is C11H11Cl2N3. The Morgan fingerprint density at radius 2 is 2.06 bits per heavy atom. The topological polar surface area (TPSA) is 50.7 Å². The predicted octanol–water partition coefficient (Wildman–Crippen LogP) is 3.09. The van der Waals surface area contributed by atoms with Gasteiger partial charge in [-0.05, 0) is 12.1 Å². The molecule has 2 N–H and O–H groups in total. The third kappa shape index (κ3) is 2.20. The summed E-state index contributed by atoms with van der Waals surface area (Å²) in [5.74, 6) is 0.775. The number of rotatable bonds is 1. The monoisotopic (exact) mass is 255 g/mol. The summed E-state index contributed by atoms with van der Waals surface area (Å²) < 4.78 is 0. The van der Waals surface area contributed by atoms with Gasteiger partial charge in [0.25, 0.3) is 0 Å². The highest BCUT2D eigenvalue weighted by Gasteiger charge is 2.20. The van der Waals surface area contributed by atoms with Crippen LogP contribution in [0.2, 0.25) is 10.0 Å². The van der Waals surface area contributed by atoms with Gasteiger partial charge in [-0.1, -0.05) is 36.2 Å². The minimum Gasteiger partial charge on any atom is -0.386 e. The Labute approximate surface area is 104 Å². The lowest BCUT2D eigenvalue weighted by Gasteiger charge is -2.18. The highest BCUT2D eigenvalue weighted by Crippen LogP contribution is 2.26. The molecule has 5 heteroatoms. The number of nitrogens with two attached hydrogens (primary N) is 1. The summed E-state index contributed by atoms with van der Waals surface area (Å²) in [5.41, 5.74) is 7.34. The zero-order chi connectivity index (χ0) is 11.7. The van der Waals surface area contributed by atoms with Gasteiger partial charge in [0.05, 0.1) is 10.7 Å². The molecule has 1 aliphatic heterocycles. The van der Waals surface area contributed by atoms with E-state index in [1.54, 1.807) is 12.1 Å². The second-order valence-corrected chi connectivity index (χ2v) is 4.65. The second kappa shape index (κ2) is 4.44. The van der Waals surface area contributed by atoms with Gasteiger partial charge in [-0.3, -0.25) is 0 Å². The molecule has 0 saturated heterocycles. The van der Waals surface area contributed by atoms with Gasteiger partial charge in [0.2, 0.25) is 0 Å². The molecule has 16 heavy (non-hydrogen) atoms. The van der Waals surface area contributed by atoms with E-state index in [0.717, 1.165) is 11.3 Å². The summed E-state index contributed by atoms with van der Waals surface area (Å²) in [6, 6.07) is 5.35. The van der Waals surface area contributed by atoms with Crippen LogP contribution in [-0.2, 0) is 0 Å². The molecule has 1 atom stereocenters. The number of hydrogen-bond donors (Lipinski definition) is 1. The maximum atomic E-state index is 6.12. The lowest BCUT2D eigenvalue weighted by Crippen LogP contribution is -2.25. The molecule has 1 heterocycles. The van der Waals surface area contributed by atoms with Gasteiger partial charge in [0.1, 0.15) is 5.84 Å². The van der Waals surface area contributed by atoms with Gasteiger partial charge >= 0.3 is 0 Å². The molecule has 1 unspecified atom stereocenters. The molecule has 1 aliphatic rings. The van der Waals surface area contributed by atoms with Crippen molar-refractivity contribution in [1.29, 1.82) is 0 Å². The Hall–Kier alpha value is -1.06. The first kappa shape index (κ1) is 11.4. The fraction of sp³-hybridized carbons (Fsp3) is 0.273. The average Bonchev–Trinajstić information content (AvgIpc) is 2.19. The molecule has 0 aliphatic carbocycles. The minimum atomic E-state index is 0.219. The zero-order valence-electron chi connectivity index (χ0n) is 8.74. The molecule has 0 bridgehead atoms. The van der Waals surface area contributed by atoms with Crippen molar-refractivity contribution in [2.24, 2.45) is 21.9 Å². The van der Waals surface area contributed by atoms with E-state index in [4.69, 9.17) is 28.9 Å². The predicted molar refractivity (Wildman–Crippen MR) is 68.4 cm³/mol. The van der Waals surface area contributed by atoms with Crippen molar-refractivity contribution in [1.82, 2.24) is 0 Å². The van der Waals surface area contributed by atoms with E-state index in [9.17, 15) is 0 Å². The molecule has 0 fully saturated rings. The molecule has 2 rings (SSSR count). The molecule has 1 aromatic carbocycles. The lowest BCUT2D eigenvalue weighted by atomic mass is 9.94. The number of hydrogen-bond acceptors (Lipinski definition) is 3. The van der Waals surface area contributed by atoms with Crippen LogP contribution in [0.4, 0.5) is 0 Å². The molecule has 3 nitrogen and oxygen atoms in total. The summed E-state index contributed by atoms with van der Waals surface area (Å²) in [6.07, 6.45) is 0.706. The van der Waals surface area contributed by atoms with Crippen LogP contribution in [0.3, 0.4) is 0 Å². The molecule has 84 valence electrons. The normalized spacial score (nSPS) is 20.3. The molecule has 0 saturated carbocycles. The zero-order valence-corrected chi connectivity index (χ0v) is 10.3. The van der Waals surface area contributed by atoms with E-state index in [0.29, 0.717) is 22.3 Å². The first-order valence-electron chi connectivity index (χ1n) is 4.93. The van der Waals surface area contributed by atoms with Crippen LogP contribution < -0.4 is 5.73 Å². The smallest absolute Gasteiger partial charge is 0.123 e. The van der Waals surface area contributed by atoms with Crippen LogP contribution in [0.25, 0.3) is 0 Å². The first-order chi connectivity index (χ1) is 7.58. The summed E-state index contributed by atoms with van der Waals surface area (Å²) >= 11 is 12.0. The maximum absolute atomic E-state index is 6.12. The molecule has 0 spiro atoms. The Morgan fingerprint density at radius 1 is 1.31 bits per heavy atom. The van der Waals surface area contributed by atoms with Crippen LogP contribution in [0, 0.1) is 5.92 Å². The van der Waals surface area contributed by atoms with Gasteiger partial charge in [-0.2, -0.15) is 5.10 Å². The van der Waals surface area contributed by atoms with Crippen molar-refractivity contribution in [2.45, 2.75) is 13.3 Å². The second-order valence-electron chi connectivity index (χ2n) is 3.81. The Bertz CT molecular complexity index is 480. The Kier molecular flexibility index (Phi) is 3.17. The fourth-order valence-electron chi connectivity index (χ4n) is 1.68. The van der Waals surface area contributed by atoms with Gasteiger partial charge in [-0.25, -0.2) is 0 Å². The van der Waals surface area contributed by atoms with E-state index in [1.807, 2.05) is 13.0 Å². The molecular weight excluding hydrogens is 245 g/mol. The van der Waals surface area contributed by atoms with Crippen LogP contribution in [-0.4, -0.2) is 11.5 Å². The maximum Gasteiger partial charge on any atom is 0.123 e. The van der Waals surface area contributed by atoms with Gasteiger partial charge in [0.15, 0.2) is 0 Å². The summed E-state index contributed by atoms with van der Waals surface area (Å²) in [4.78, 5) is 0. The minimum absolute atomic E-state index is 0.219. The standard InChI is InChI=1S/C11H11Cl2N3/c1-6-4-10(14)15-16-11(6)8-3-2-7(12)5-9(8)13/h2-3,5-6H,4H2,1H3,(H2,14,15). The van der Waals surface area contributed by atoms with Crippen molar-refractivity contribution in [3.63, 3.8) is 0 Å². The summed E-state index contributed by atoms with van der Waals surface area (Å²) in [5, 5.41) is 9.20. The highest BCUT2D eigenvalue weighted by molar-refractivity contribution is 6.37. The first-order valence-corrected chi connectivity index (χ1v) is 5.69. The van der Waals surface area contributed by atoms with Crippen LogP contribution >= 0.6 is 23.2 Å². The quantitative estimate of drug-likeness (QED) is 0.824. The van der Waals surface area contributed by atoms with Crippen molar-refractivity contribution >= 4 is 34.7 Å². The van der Waals surface area contributed by atoms with Crippen LogP contribution in [0.1, 0.15) is 18.9 Å². The summed E-state index contributed by atoms with van der Waals surface area (Å²) in [6.45, 7) is 2.05. The summed E-state index contributed by atoms with van der Waals surface area (Å²) in [7, 11) is 0. The van der Waals surface area contributed by atoms with Crippen LogP contribution in [0.5, 0.6) is 0 Å². The van der Waals surface area contributed by atoms with Crippen LogP contribution in [0.15, 0.2) is 28.4 Å². The number of amidine groups is 1. The Morgan fingerprint density at radius 3 is 2.69 bits per heavy atom.